The largest absolute Gasteiger partial charge is 0.331 e. The molecular formula is C28H26FN3O. The first-order chi connectivity index (χ1) is 16.0. The smallest absolute Gasteiger partial charge is 0.251 e. The second kappa shape index (κ2) is 8.46. The Morgan fingerprint density at radius 2 is 1.79 bits per heavy atom. The van der Waals surface area contributed by atoms with E-state index in [1.807, 2.05) is 53.4 Å². The summed E-state index contributed by atoms with van der Waals surface area (Å²) < 4.78 is 13.7. The zero-order valence-electron chi connectivity index (χ0n) is 18.7. The predicted octanol–water partition coefficient (Wildman–Crippen LogP) is 4.78. The molecule has 0 aromatic heterocycles. The third-order valence-corrected chi connectivity index (χ3v) is 7.22. The molecule has 0 aliphatic carbocycles. The van der Waals surface area contributed by atoms with Crippen LogP contribution in [0.5, 0.6) is 0 Å². The Morgan fingerprint density at radius 1 is 1.06 bits per heavy atom. The maximum absolute atomic E-state index is 13.7. The molecule has 2 aliphatic rings. The number of benzene rings is 3. The van der Waals surface area contributed by atoms with Crippen molar-refractivity contribution in [1.29, 1.82) is 5.26 Å². The van der Waals surface area contributed by atoms with Gasteiger partial charge < -0.3 is 9.80 Å². The van der Waals surface area contributed by atoms with Crippen LogP contribution < -0.4 is 0 Å². The number of carbonyl (C=O) groups is 1. The lowest BCUT2D eigenvalue weighted by molar-refractivity contribution is -0.126. The van der Waals surface area contributed by atoms with Gasteiger partial charge in [0.05, 0.1) is 11.6 Å². The Hall–Kier alpha value is -3.49. The van der Waals surface area contributed by atoms with Gasteiger partial charge in [-0.3, -0.25) is 4.79 Å². The van der Waals surface area contributed by atoms with Gasteiger partial charge in [-0.15, -0.1) is 0 Å². The van der Waals surface area contributed by atoms with Crippen molar-refractivity contribution in [3.05, 3.63) is 94.8 Å². The molecule has 2 aliphatic heterocycles. The summed E-state index contributed by atoms with van der Waals surface area (Å²) in [5.74, 6) is -0.227. The van der Waals surface area contributed by atoms with E-state index in [9.17, 15) is 14.4 Å². The molecular weight excluding hydrogens is 413 g/mol. The summed E-state index contributed by atoms with van der Waals surface area (Å²) in [7, 11) is 2.10. The number of hydrogen-bond donors (Lipinski definition) is 0. The molecule has 3 aromatic rings. The summed E-state index contributed by atoms with van der Waals surface area (Å²) in [4.78, 5) is 17.9. The summed E-state index contributed by atoms with van der Waals surface area (Å²) in [6, 6.07) is 20.6. The molecule has 3 aromatic carbocycles. The van der Waals surface area contributed by atoms with E-state index in [2.05, 4.69) is 24.1 Å². The molecule has 5 heteroatoms. The van der Waals surface area contributed by atoms with Crippen molar-refractivity contribution < 1.29 is 9.18 Å². The van der Waals surface area contributed by atoms with E-state index >= 15 is 0 Å². The molecule has 0 N–H and O–H groups in total. The summed E-state index contributed by atoms with van der Waals surface area (Å²) in [6.07, 6.45) is 3.72. The van der Waals surface area contributed by atoms with E-state index in [0.29, 0.717) is 18.7 Å². The van der Waals surface area contributed by atoms with Crippen LogP contribution in [0.3, 0.4) is 0 Å². The molecule has 0 bridgehead atoms. The number of likely N-dealkylation sites (tertiary alicyclic amines) is 1. The highest BCUT2D eigenvalue weighted by atomic mass is 19.1. The van der Waals surface area contributed by atoms with Gasteiger partial charge in [0.15, 0.2) is 0 Å². The average molecular weight is 440 g/mol. The van der Waals surface area contributed by atoms with E-state index < -0.39 is 5.41 Å². The van der Waals surface area contributed by atoms with Crippen molar-refractivity contribution in [2.45, 2.75) is 24.8 Å². The lowest BCUT2D eigenvalue weighted by atomic mass is 9.67. The number of halogens is 1. The van der Waals surface area contributed by atoms with Crippen molar-refractivity contribution in [2.75, 3.05) is 26.7 Å². The number of fused-ring (bicyclic) bond motifs is 1. The summed E-state index contributed by atoms with van der Waals surface area (Å²) in [5.41, 5.74) is 3.01. The zero-order valence-corrected chi connectivity index (χ0v) is 18.7. The molecule has 4 nitrogen and oxygen atoms in total. The molecule has 2 heterocycles. The Labute approximate surface area is 193 Å². The Kier molecular flexibility index (Phi) is 5.47. The van der Waals surface area contributed by atoms with Crippen LogP contribution in [0.1, 0.15) is 29.5 Å². The molecule has 33 heavy (non-hydrogen) atoms. The van der Waals surface area contributed by atoms with Gasteiger partial charge in [-0.1, -0.05) is 42.5 Å². The number of amides is 1. The fourth-order valence-electron chi connectivity index (χ4n) is 5.35. The maximum atomic E-state index is 13.7. The molecule has 5 rings (SSSR count). The normalized spacial score (nSPS) is 18.4. The second-order valence-electron chi connectivity index (χ2n) is 9.16. The molecule has 0 saturated carbocycles. The van der Waals surface area contributed by atoms with Crippen molar-refractivity contribution in [3.63, 3.8) is 0 Å². The third kappa shape index (κ3) is 3.81. The highest BCUT2D eigenvalue weighted by Gasteiger charge is 2.44. The minimum atomic E-state index is -0.400. The molecule has 1 fully saturated rings. The molecule has 1 saturated heterocycles. The first-order valence-corrected chi connectivity index (χ1v) is 11.4. The van der Waals surface area contributed by atoms with Crippen LogP contribution in [-0.4, -0.2) is 42.4 Å². The van der Waals surface area contributed by atoms with Crippen molar-refractivity contribution in [1.82, 2.24) is 9.80 Å². The second-order valence-corrected chi connectivity index (χ2v) is 9.16. The minimum Gasteiger partial charge on any atom is -0.331 e. The Bertz CT molecular complexity index is 1280. The maximum Gasteiger partial charge on any atom is 0.251 e. The topological polar surface area (TPSA) is 47.3 Å². The number of nitriles is 1. The van der Waals surface area contributed by atoms with Gasteiger partial charge >= 0.3 is 0 Å². The highest BCUT2D eigenvalue weighted by molar-refractivity contribution is 5.99. The van der Waals surface area contributed by atoms with Gasteiger partial charge in [0.25, 0.3) is 5.91 Å². The number of hydrogen-bond acceptors (Lipinski definition) is 3. The number of rotatable bonds is 4. The van der Waals surface area contributed by atoms with Crippen LogP contribution in [0.2, 0.25) is 0 Å². The standard InChI is InChI=1S/C28H26FN3O/c1-31-14-11-28(12-15-31,23-6-8-24(29)9-7-23)26-10-13-32(27(26)33)19-22-17-20(18-30)16-21-4-2-3-5-25(21)22/h2-10,16-17H,11-15,19H2,1H3. The van der Waals surface area contributed by atoms with Crippen LogP contribution in [0.15, 0.2) is 72.3 Å². The van der Waals surface area contributed by atoms with Crippen molar-refractivity contribution in [3.8, 4) is 6.07 Å². The lowest BCUT2D eigenvalue weighted by Crippen LogP contribution is -2.44. The SMILES string of the molecule is CN1CCC(C2=CCN(Cc3cc(C#N)cc4ccccc34)C2=O)(c2ccc(F)cc2)CC1. The van der Waals surface area contributed by atoms with Gasteiger partial charge in [-0.2, -0.15) is 5.26 Å². The van der Waals surface area contributed by atoms with E-state index in [1.165, 1.54) is 12.1 Å². The first-order valence-electron chi connectivity index (χ1n) is 11.4. The van der Waals surface area contributed by atoms with E-state index in [-0.39, 0.29) is 11.7 Å². The number of piperidine rings is 1. The van der Waals surface area contributed by atoms with Crippen LogP contribution in [0, 0.1) is 17.1 Å². The van der Waals surface area contributed by atoms with Gasteiger partial charge in [0, 0.05) is 24.1 Å². The number of carbonyl (C=O) groups excluding carboxylic acids is 1. The van der Waals surface area contributed by atoms with E-state index in [1.54, 1.807) is 0 Å². The van der Waals surface area contributed by atoms with E-state index in [0.717, 1.165) is 53.4 Å². The third-order valence-electron chi connectivity index (χ3n) is 7.22. The highest BCUT2D eigenvalue weighted by Crippen LogP contribution is 2.44. The fraction of sp³-hybridized carbons (Fsp3) is 0.286. The van der Waals surface area contributed by atoms with E-state index in [4.69, 9.17) is 0 Å². The number of nitrogens with zero attached hydrogens (tertiary/aromatic N) is 3. The van der Waals surface area contributed by atoms with Crippen LogP contribution in [0.4, 0.5) is 4.39 Å². The summed E-state index contributed by atoms with van der Waals surface area (Å²) in [5, 5.41) is 11.5. The lowest BCUT2D eigenvalue weighted by Gasteiger charge is -2.42. The molecule has 0 spiro atoms. The van der Waals surface area contributed by atoms with Crippen molar-refractivity contribution in [2.24, 2.45) is 0 Å². The average Bonchev–Trinajstić information content (AvgIpc) is 3.20. The van der Waals surface area contributed by atoms with Gasteiger partial charge in [0.1, 0.15) is 5.82 Å². The monoisotopic (exact) mass is 439 g/mol. The molecule has 1 amide bonds. The predicted molar refractivity (Wildman–Crippen MR) is 127 cm³/mol. The van der Waals surface area contributed by atoms with Crippen LogP contribution >= 0.6 is 0 Å². The summed E-state index contributed by atoms with van der Waals surface area (Å²) >= 11 is 0. The van der Waals surface area contributed by atoms with Gasteiger partial charge in [-0.05, 0) is 79.1 Å². The van der Waals surface area contributed by atoms with Crippen LogP contribution in [-0.2, 0) is 16.8 Å². The molecule has 0 atom stereocenters. The Morgan fingerprint density at radius 3 is 2.52 bits per heavy atom. The van der Waals surface area contributed by atoms with Crippen molar-refractivity contribution >= 4 is 16.7 Å². The molecule has 166 valence electrons. The first kappa shape index (κ1) is 21.4. The Balaban J connectivity index is 1.47. The summed E-state index contributed by atoms with van der Waals surface area (Å²) in [6.45, 7) is 2.76. The fourth-order valence-corrected chi connectivity index (χ4v) is 5.35. The quantitative estimate of drug-likeness (QED) is 0.588. The van der Waals surface area contributed by atoms with Crippen LogP contribution in [0.25, 0.3) is 10.8 Å². The van der Waals surface area contributed by atoms with Gasteiger partial charge in [-0.25, -0.2) is 4.39 Å². The zero-order chi connectivity index (χ0) is 23.0. The van der Waals surface area contributed by atoms with Gasteiger partial charge in [0.2, 0.25) is 0 Å². The minimum absolute atomic E-state index is 0.0373. The molecule has 0 radical (unpaired) electrons. The molecule has 0 unspecified atom stereocenters.